The van der Waals surface area contributed by atoms with Crippen LogP contribution in [0.4, 0.5) is 0 Å². The van der Waals surface area contributed by atoms with E-state index in [4.69, 9.17) is 0 Å². The third kappa shape index (κ3) is 1.82. The average Bonchev–Trinajstić information content (AvgIpc) is 2.75. The van der Waals surface area contributed by atoms with Crippen LogP contribution < -0.4 is 0 Å². The molecule has 0 fully saturated rings. The number of halogens is 1. The normalized spacial score (nSPS) is 14.8. The van der Waals surface area contributed by atoms with Crippen LogP contribution in [0.1, 0.15) is 28.9 Å². The number of Topliss-reactive ketones (excluding diaryl/α,β-unsaturated/α-hetero) is 1. The van der Waals surface area contributed by atoms with E-state index in [9.17, 15) is 4.79 Å². The van der Waals surface area contributed by atoms with Crippen molar-refractivity contribution < 1.29 is 4.79 Å². The highest BCUT2D eigenvalue weighted by Crippen LogP contribution is 2.24. The maximum atomic E-state index is 11.7. The summed E-state index contributed by atoms with van der Waals surface area (Å²) in [5.74, 6) is 1.12. The van der Waals surface area contributed by atoms with E-state index >= 15 is 0 Å². The maximum absolute atomic E-state index is 11.7. The summed E-state index contributed by atoms with van der Waals surface area (Å²) in [7, 11) is 0. The average molecular weight is 291 g/mol. The lowest BCUT2D eigenvalue weighted by atomic mass is 9.97. The van der Waals surface area contributed by atoms with Gasteiger partial charge in [0.15, 0.2) is 5.78 Å². The molecule has 0 amide bonds. The third-order valence-corrected chi connectivity index (χ3v) is 3.54. The highest BCUT2D eigenvalue weighted by atomic mass is 79.9. The van der Waals surface area contributed by atoms with Gasteiger partial charge in [0.1, 0.15) is 5.82 Å². The van der Waals surface area contributed by atoms with Gasteiger partial charge >= 0.3 is 0 Å². The lowest BCUT2D eigenvalue weighted by Gasteiger charge is -2.14. The SMILES string of the molecule is O=C1CCCc2c1ccn2-c1ccc(Br)cn1. The zero-order valence-electron chi connectivity index (χ0n) is 9.19. The van der Waals surface area contributed by atoms with Crippen molar-refractivity contribution in [2.75, 3.05) is 0 Å². The minimum Gasteiger partial charge on any atom is -0.305 e. The molecule has 3 rings (SSSR count). The van der Waals surface area contributed by atoms with Gasteiger partial charge in [-0.05, 0) is 47.0 Å². The molecule has 0 unspecified atom stereocenters. The van der Waals surface area contributed by atoms with Crippen LogP contribution in [0.5, 0.6) is 0 Å². The molecule has 0 bridgehead atoms. The molecule has 0 saturated carbocycles. The van der Waals surface area contributed by atoms with Crippen molar-refractivity contribution in [3.8, 4) is 5.82 Å². The molecule has 0 spiro atoms. The number of rotatable bonds is 1. The zero-order valence-corrected chi connectivity index (χ0v) is 10.8. The summed E-state index contributed by atoms with van der Waals surface area (Å²) in [6.07, 6.45) is 6.26. The van der Waals surface area contributed by atoms with Gasteiger partial charge in [-0.2, -0.15) is 0 Å². The number of hydrogen-bond acceptors (Lipinski definition) is 2. The molecule has 2 aromatic rings. The predicted molar refractivity (Wildman–Crippen MR) is 68.5 cm³/mol. The Morgan fingerprint density at radius 3 is 2.88 bits per heavy atom. The molecule has 1 aliphatic carbocycles. The van der Waals surface area contributed by atoms with Crippen LogP contribution >= 0.6 is 15.9 Å². The quantitative estimate of drug-likeness (QED) is 0.809. The number of nitrogens with zero attached hydrogens (tertiary/aromatic N) is 2. The summed E-state index contributed by atoms with van der Waals surface area (Å²) in [6.45, 7) is 0. The van der Waals surface area contributed by atoms with E-state index in [1.165, 1.54) is 0 Å². The fourth-order valence-corrected chi connectivity index (χ4v) is 2.48. The molecule has 0 aromatic carbocycles. The van der Waals surface area contributed by atoms with Crippen molar-refractivity contribution in [1.29, 1.82) is 0 Å². The predicted octanol–water partition coefficient (Wildman–Crippen LogP) is 3.15. The van der Waals surface area contributed by atoms with Gasteiger partial charge in [0, 0.05) is 34.5 Å². The van der Waals surface area contributed by atoms with E-state index in [1.54, 1.807) is 6.20 Å². The fourth-order valence-electron chi connectivity index (χ4n) is 2.25. The number of carbonyl (C=O) groups is 1. The maximum Gasteiger partial charge on any atom is 0.164 e. The number of pyridine rings is 1. The lowest BCUT2D eigenvalue weighted by molar-refractivity contribution is 0.0972. The van der Waals surface area contributed by atoms with Crippen LogP contribution in [0.2, 0.25) is 0 Å². The number of carbonyl (C=O) groups excluding carboxylic acids is 1. The molecule has 0 atom stereocenters. The van der Waals surface area contributed by atoms with E-state index in [0.717, 1.165) is 34.4 Å². The molecule has 0 radical (unpaired) electrons. The summed E-state index contributed by atoms with van der Waals surface area (Å²) in [6, 6.07) is 5.81. The summed E-state index contributed by atoms with van der Waals surface area (Å²) in [5.41, 5.74) is 1.96. The van der Waals surface area contributed by atoms with Crippen LogP contribution in [0.3, 0.4) is 0 Å². The van der Waals surface area contributed by atoms with Crippen molar-refractivity contribution in [3.63, 3.8) is 0 Å². The molecule has 2 aromatic heterocycles. The Morgan fingerprint density at radius 2 is 2.12 bits per heavy atom. The first kappa shape index (κ1) is 10.7. The highest BCUT2D eigenvalue weighted by molar-refractivity contribution is 9.10. The highest BCUT2D eigenvalue weighted by Gasteiger charge is 2.21. The van der Waals surface area contributed by atoms with E-state index in [2.05, 4.69) is 20.9 Å². The summed E-state index contributed by atoms with van der Waals surface area (Å²) in [4.78, 5) is 16.1. The van der Waals surface area contributed by atoms with Gasteiger partial charge in [-0.15, -0.1) is 0 Å². The summed E-state index contributed by atoms with van der Waals surface area (Å²) < 4.78 is 2.97. The van der Waals surface area contributed by atoms with E-state index in [-0.39, 0.29) is 5.78 Å². The largest absolute Gasteiger partial charge is 0.305 e. The van der Waals surface area contributed by atoms with Crippen LogP contribution in [-0.4, -0.2) is 15.3 Å². The minimum atomic E-state index is 0.252. The topological polar surface area (TPSA) is 34.9 Å². The van der Waals surface area contributed by atoms with E-state index in [0.29, 0.717) is 6.42 Å². The smallest absolute Gasteiger partial charge is 0.164 e. The first-order chi connectivity index (χ1) is 8.25. The summed E-state index contributed by atoms with van der Waals surface area (Å²) >= 11 is 3.37. The Labute approximate surface area is 108 Å². The Morgan fingerprint density at radius 1 is 1.24 bits per heavy atom. The molecule has 2 heterocycles. The van der Waals surface area contributed by atoms with Crippen molar-refractivity contribution in [2.45, 2.75) is 19.3 Å². The Hall–Kier alpha value is -1.42. The number of aromatic nitrogens is 2. The molecule has 3 nitrogen and oxygen atoms in total. The first-order valence-electron chi connectivity index (χ1n) is 5.61. The monoisotopic (exact) mass is 290 g/mol. The standard InChI is InChI=1S/C13H11BrN2O/c14-9-4-5-13(15-8-9)16-7-6-10-11(16)2-1-3-12(10)17/h4-8H,1-3H2. The van der Waals surface area contributed by atoms with Gasteiger partial charge in [-0.25, -0.2) is 4.98 Å². The molecule has 1 aliphatic rings. The molecule has 17 heavy (non-hydrogen) atoms. The zero-order chi connectivity index (χ0) is 11.8. The van der Waals surface area contributed by atoms with Crippen molar-refractivity contribution >= 4 is 21.7 Å². The van der Waals surface area contributed by atoms with Crippen molar-refractivity contribution in [1.82, 2.24) is 9.55 Å². The van der Waals surface area contributed by atoms with Crippen molar-refractivity contribution in [2.24, 2.45) is 0 Å². The number of ketones is 1. The second kappa shape index (κ2) is 4.11. The van der Waals surface area contributed by atoms with E-state index < -0.39 is 0 Å². The van der Waals surface area contributed by atoms with Crippen LogP contribution in [-0.2, 0) is 6.42 Å². The van der Waals surface area contributed by atoms with Gasteiger partial charge in [0.2, 0.25) is 0 Å². The van der Waals surface area contributed by atoms with Gasteiger partial charge in [0.05, 0.1) is 0 Å². The number of hydrogen-bond donors (Lipinski definition) is 0. The second-order valence-corrected chi connectivity index (χ2v) is 5.07. The molecular weight excluding hydrogens is 280 g/mol. The molecule has 86 valence electrons. The minimum absolute atomic E-state index is 0.252. The lowest BCUT2D eigenvalue weighted by Crippen LogP contribution is -2.12. The molecule has 0 aliphatic heterocycles. The Kier molecular flexibility index (Phi) is 2.59. The van der Waals surface area contributed by atoms with Gasteiger partial charge < -0.3 is 4.57 Å². The molecule has 4 heteroatoms. The van der Waals surface area contributed by atoms with E-state index in [1.807, 2.05) is 29.0 Å². The first-order valence-corrected chi connectivity index (χ1v) is 6.40. The summed E-state index contributed by atoms with van der Waals surface area (Å²) in [5, 5.41) is 0. The Bertz CT molecular complexity index is 572. The fraction of sp³-hybridized carbons (Fsp3) is 0.231. The third-order valence-electron chi connectivity index (χ3n) is 3.07. The number of fused-ring (bicyclic) bond motifs is 1. The molecule has 0 saturated heterocycles. The van der Waals surface area contributed by atoms with Crippen LogP contribution in [0.25, 0.3) is 5.82 Å². The van der Waals surface area contributed by atoms with Gasteiger partial charge in [-0.3, -0.25) is 4.79 Å². The molecule has 0 N–H and O–H groups in total. The Balaban J connectivity index is 2.10. The van der Waals surface area contributed by atoms with Crippen LogP contribution in [0.15, 0.2) is 35.1 Å². The second-order valence-electron chi connectivity index (χ2n) is 4.16. The van der Waals surface area contributed by atoms with Gasteiger partial charge in [-0.1, -0.05) is 0 Å². The van der Waals surface area contributed by atoms with Crippen LogP contribution in [0, 0.1) is 0 Å². The molecular formula is C13H11BrN2O. The van der Waals surface area contributed by atoms with Gasteiger partial charge in [0.25, 0.3) is 0 Å². The van der Waals surface area contributed by atoms with Crippen molar-refractivity contribution in [3.05, 3.63) is 46.3 Å².